The van der Waals surface area contributed by atoms with Crippen LogP contribution in [0.2, 0.25) is 0 Å². The standard InChI is InChI=1S/C13H12N2S/c1-9(2)10-3-5-11(6-4-10)13-12(7-14)16-8-15-13/h3-6,8-9H,1-2H3. The van der Waals surface area contributed by atoms with E-state index in [2.05, 4.69) is 37.0 Å². The molecule has 2 aromatic rings. The van der Waals surface area contributed by atoms with Crippen LogP contribution >= 0.6 is 11.3 Å². The number of nitriles is 1. The Morgan fingerprint density at radius 3 is 2.50 bits per heavy atom. The van der Waals surface area contributed by atoms with Gasteiger partial charge in [-0.2, -0.15) is 5.26 Å². The topological polar surface area (TPSA) is 36.7 Å². The van der Waals surface area contributed by atoms with E-state index in [9.17, 15) is 0 Å². The Bertz CT molecular complexity index is 518. The highest BCUT2D eigenvalue weighted by Gasteiger charge is 2.08. The maximum atomic E-state index is 8.93. The summed E-state index contributed by atoms with van der Waals surface area (Å²) in [5, 5.41) is 8.93. The molecule has 0 aliphatic heterocycles. The summed E-state index contributed by atoms with van der Waals surface area (Å²) in [7, 11) is 0. The second-order valence-electron chi connectivity index (χ2n) is 3.92. The Morgan fingerprint density at radius 2 is 1.94 bits per heavy atom. The van der Waals surface area contributed by atoms with Crippen LogP contribution in [0.3, 0.4) is 0 Å². The number of aromatic nitrogens is 1. The third-order valence-electron chi connectivity index (χ3n) is 2.52. The highest BCUT2D eigenvalue weighted by molar-refractivity contribution is 7.10. The first-order valence-electron chi connectivity index (χ1n) is 5.16. The molecule has 0 aliphatic rings. The Labute approximate surface area is 99.2 Å². The second-order valence-corrected chi connectivity index (χ2v) is 4.77. The van der Waals surface area contributed by atoms with Gasteiger partial charge in [0.25, 0.3) is 0 Å². The summed E-state index contributed by atoms with van der Waals surface area (Å²) in [5.41, 5.74) is 4.83. The summed E-state index contributed by atoms with van der Waals surface area (Å²) < 4.78 is 0. The molecule has 0 atom stereocenters. The Hall–Kier alpha value is -1.66. The third-order valence-corrected chi connectivity index (χ3v) is 3.25. The summed E-state index contributed by atoms with van der Waals surface area (Å²) in [5.74, 6) is 0.528. The quantitative estimate of drug-likeness (QED) is 0.783. The fourth-order valence-electron chi connectivity index (χ4n) is 1.56. The van der Waals surface area contributed by atoms with Crippen molar-refractivity contribution in [2.24, 2.45) is 0 Å². The molecule has 0 saturated carbocycles. The average Bonchev–Trinajstić information content (AvgIpc) is 2.77. The fourth-order valence-corrected chi connectivity index (χ4v) is 2.16. The van der Waals surface area contributed by atoms with Crippen molar-refractivity contribution < 1.29 is 0 Å². The van der Waals surface area contributed by atoms with Crippen LogP contribution < -0.4 is 0 Å². The Morgan fingerprint density at radius 1 is 1.25 bits per heavy atom. The van der Waals surface area contributed by atoms with Gasteiger partial charge in [0, 0.05) is 5.56 Å². The molecule has 0 N–H and O–H groups in total. The Balaban J connectivity index is 2.39. The molecule has 2 rings (SSSR count). The molecule has 1 aromatic heterocycles. The SMILES string of the molecule is CC(C)c1ccc(-c2ncsc2C#N)cc1. The second kappa shape index (κ2) is 4.46. The van der Waals surface area contributed by atoms with E-state index >= 15 is 0 Å². The molecule has 0 amide bonds. The van der Waals surface area contributed by atoms with Crippen LogP contribution in [0.1, 0.15) is 30.2 Å². The van der Waals surface area contributed by atoms with Crippen LogP contribution in [0.4, 0.5) is 0 Å². The predicted molar refractivity (Wildman–Crippen MR) is 66.4 cm³/mol. The van der Waals surface area contributed by atoms with Gasteiger partial charge in [-0.3, -0.25) is 0 Å². The van der Waals surface area contributed by atoms with Crippen LogP contribution in [0.25, 0.3) is 11.3 Å². The number of hydrogen-bond acceptors (Lipinski definition) is 3. The third kappa shape index (κ3) is 1.98. The van der Waals surface area contributed by atoms with Gasteiger partial charge in [0.05, 0.1) is 11.2 Å². The minimum absolute atomic E-state index is 0.528. The highest BCUT2D eigenvalue weighted by Crippen LogP contribution is 2.26. The number of rotatable bonds is 2. The number of benzene rings is 1. The van der Waals surface area contributed by atoms with E-state index in [4.69, 9.17) is 5.26 Å². The van der Waals surface area contributed by atoms with Crippen LogP contribution in [0.15, 0.2) is 29.8 Å². The van der Waals surface area contributed by atoms with Crippen LogP contribution in [0.5, 0.6) is 0 Å². The van der Waals surface area contributed by atoms with Crippen molar-refractivity contribution in [3.63, 3.8) is 0 Å². The van der Waals surface area contributed by atoms with Crippen molar-refractivity contribution in [2.75, 3.05) is 0 Å². The lowest BCUT2D eigenvalue weighted by atomic mass is 10.0. The molecule has 0 unspecified atom stereocenters. The van der Waals surface area contributed by atoms with Crippen LogP contribution in [-0.4, -0.2) is 4.98 Å². The zero-order chi connectivity index (χ0) is 11.5. The molecule has 1 heterocycles. The van der Waals surface area contributed by atoms with Gasteiger partial charge in [-0.05, 0) is 11.5 Å². The molecule has 16 heavy (non-hydrogen) atoms. The zero-order valence-corrected chi connectivity index (χ0v) is 10.1. The van der Waals surface area contributed by atoms with E-state index in [-0.39, 0.29) is 0 Å². The van der Waals surface area contributed by atoms with Gasteiger partial charge < -0.3 is 0 Å². The zero-order valence-electron chi connectivity index (χ0n) is 9.27. The molecular weight excluding hydrogens is 216 g/mol. The lowest BCUT2D eigenvalue weighted by molar-refractivity contribution is 0.867. The molecule has 0 radical (unpaired) electrons. The molecule has 1 aromatic carbocycles. The summed E-state index contributed by atoms with van der Waals surface area (Å²) in [6, 6.07) is 10.4. The highest BCUT2D eigenvalue weighted by atomic mass is 32.1. The van der Waals surface area contributed by atoms with Gasteiger partial charge >= 0.3 is 0 Å². The van der Waals surface area contributed by atoms with Gasteiger partial charge in [-0.25, -0.2) is 4.98 Å². The van der Waals surface area contributed by atoms with Crippen molar-refractivity contribution in [1.82, 2.24) is 4.98 Å². The van der Waals surface area contributed by atoms with Gasteiger partial charge in [0.1, 0.15) is 10.9 Å². The number of hydrogen-bond donors (Lipinski definition) is 0. The molecule has 0 bridgehead atoms. The first kappa shape index (κ1) is 10.8. The van der Waals surface area contributed by atoms with Gasteiger partial charge in [-0.15, -0.1) is 11.3 Å². The van der Waals surface area contributed by atoms with E-state index in [1.807, 2.05) is 12.1 Å². The van der Waals surface area contributed by atoms with Gasteiger partial charge in [0.15, 0.2) is 0 Å². The first-order chi connectivity index (χ1) is 7.72. The lowest BCUT2D eigenvalue weighted by Crippen LogP contribution is -1.87. The maximum absolute atomic E-state index is 8.93. The van der Waals surface area contributed by atoms with Crippen LogP contribution in [-0.2, 0) is 0 Å². The first-order valence-corrected chi connectivity index (χ1v) is 6.04. The maximum Gasteiger partial charge on any atom is 0.132 e. The van der Waals surface area contributed by atoms with Crippen molar-refractivity contribution >= 4 is 11.3 Å². The summed E-state index contributed by atoms with van der Waals surface area (Å²) in [4.78, 5) is 4.91. The van der Waals surface area contributed by atoms with E-state index in [1.165, 1.54) is 16.9 Å². The van der Waals surface area contributed by atoms with Crippen molar-refractivity contribution in [3.8, 4) is 17.3 Å². The van der Waals surface area contributed by atoms with Gasteiger partial charge in [0.2, 0.25) is 0 Å². The molecule has 0 spiro atoms. The summed E-state index contributed by atoms with van der Waals surface area (Å²) in [6.07, 6.45) is 0. The Kier molecular flexibility index (Phi) is 3.02. The lowest BCUT2D eigenvalue weighted by Gasteiger charge is -2.05. The average molecular weight is 228 g/mol. The van der Waals surface area contributed by atoms with E-state index in [0.29, 0.717) is 10.8 Å². The minimum atomic E-state index is 0.528. The smallest absolute Gasteiger partial charge is 0.132 e. The molecule has 0 aliphatic carbocycles. The predicted octanol–water partition coefficient (Wildman–Crippen LogP) is 3.81. The van der Waals surface area contributed by atoms with Crippen molar-refractivity contribution in [3.05, 3.63) is 40.2 Å². The van der Waals surface area contributed by atoms with E-state index in [1.54, 1.807) is 5.51 Å². The molecule has 80 valence electrons. The molecule has 2 nitrogen and oxygen atoms in total. The molecular formula is C13H12N2S. The molecule has 0 saturated heterocycles. The normalized spacial score (nSPS) is 10.4. The van der Waals surface area contributed by atoms with Crippen molar-refractivity contribution in [2.45, 2.75) is 19.8 Å². The van der Waals surface area contributed by atoms with Crippen LogP contribution in [0, 0.1) is 11.3 Å². The van der Waals surface area contributed by atoms with E-state index in [0.717, 1.165) is 11.3 Å². The summed E-state index contributed by atoms with van der Waals surface area (Å²) >= 11 is 1.38. The van der Waals surface area contributed by atoms with Crippen molar-refractivity contribution in [1.29, 1.82) is 5.26 Å². The monoisotopic (exact) mass is 228 g/mol. The summed E-state index contributed by atoms with van der Waals surface area (Å²) in [6.45, 7) is 4.33. The minimum Gasteiger partial charge on any atom is -0.243 e. The number of nitrogens with zero attached hydrogens (tertiary/aromatic N) is 2. The van der Waals surface area contributed by atoms with Gasteiger partial charge in [-0.1, -0.05) is 38.1 Å². The molecule has 3 heteroatoms. The fraction of sp³-hybridized carbons (Fsp3) is 0.231. The largest absolute Gasteiger partial charge is 0.243 e. The molecule has 0 fully saturated rings. The number of thiazole rings is 1. The van der Waals surface area contributed by atoms with E-state index < -0.39 is 0 Å².